The Morgan fingerprint density at radius 3 is 2.38 bits per heavy atom. The largest absolute Gasteiger partial charge is 0.425 e. The quantitative estimate of drug-likeness (QED) is 0.734. The number of nitrogens with two attached hydrogens (primary N) is 1. The molecular weight excluding hydrogens is 420 g/mol. The summed E-state index contributed by atoms with van der Waals surface area (Å²) in [5.41, 5.74) is 0. The lowest BCUT2D eigenvalue weighted by Crippen LogP contribution is -2.13. The van der Waals surface area contributed by atoms with Crippen molar-refractivity contribution in [3.63, 3.8) is 0 Å². The highest BCUT2D eigenvalue weighted by Gasteiger charge is 2.16. The summed E-state index contributed by atoms with van der Waals surface area (Å²) in [5.74, 6) is 0.284. The molecule has 0 fully saturated rings. The van der Waals surface area contributed by atoms with Crippen molar-refractivity contribution in [1.82, 2.24) is 0 Å². The highest BCUT2D eigenvalue weighted by atomic mass is 127. The van der Waals surface area contributed by atoms with Crippen molar-refractivity contribution in [3.05, 3.63) is 21.8 Å². The van der Waals surface area contributed by atoms with Crippen molar-refractivity contribution < 1.29 is 11.5 Å². The Morgan fingerprint density at radius 2 is 2.00 bits per heavy atom. The van der Waals surface area contributed by atoms with Gasteiger partial charge in [-0.15, -0.1) is 0 Å². The third-order valence-electron chi connectivity index (χ3n) is 1.31. The SMILES string of the molecule is NS(=O)(=O)c1cccc(I)c1OI. The highest BCUT2D eigenvalue weighted by Crippen LogP contribution is 2.29. The first-order valence-electron chi connectivity index (χ1n) is 3.06. The van der Waals surface area contributed by atoms with Gasteiger partial charge < -0.3 is 3.07 Å². The summed E-state index contributed by atoms with van der Waals surface area (Å²) in [6.07, 6.45) is 0. The van der Waals surface area contributed by atoms with Crippen molar-refractivity contribution in [2.45, 2.75) is 4.90 Å². The molecule has 0 radical (unpaired) electrons. The second kappa shape index (κ2) is 4.28. The summed E-state index contributed by atoms with van der Waals surface area (Å²) < 4.78 is 27.7. The molecule has 0 aliphatic heterocycles. The second-order valence-electron chi connectivity index (χ2n) is 2.19. The first kappa shape index (κ1) is 11.5. The molecule has 1 aromatic rings. The standard InChI is InChI=1S/C6H5I2NO3S/c7-4-2-1-3-5(6(4)12-8)13(9,10)11/h1-3H,(H2,9,10,11). The average molecular weight is 425 g/mol. The van der Waals surface area contributed by atoms with Gasteiger partial charge in [-0.2, -0.15) is 0 Å². The Kier molecular flexibility index (Phi) is 3.77. The molecule has 0 amide bonds. The number of rotatable bonds is 2. The van der Waals surface area contributed by atoms with E-state index in [2.05, 4.69) is 0 Å². The Hall–Kier alpha value is 0.390. The molecule has 0 saturated carbocycles. The minimum absolute atomic E-state index is 0.00815. The molecule has 4 nitrogen and oxygen atoms in total. The van der Waals surface area contributed by atoms with Crippen LogP contribution in [0.2, 0.25) is 0 Å². The molecule has 7 heteroatoms. The average Bonchev–Trinajstić information content (AvgIpc) is 2.02. The van der Waals surface area contributed by atoms with E-state index in [0.717, 1.165) is 0 Å². The molecule has 0 unspecified atom stereocenters. The van der Waals surface area contributed by atoms with Crippen LogP contribution < -0.4 is 8.21 Å². The highest BCUT2D eigenvalue weighted by molar-refractivity contribution is 14.1. The van der Waals surface area contributed by atoms with Gasteiger partial charge in [-0.05, 0) is 34.7 Å². The van der Waals surface area contributed by atoms with E-state index >= 15 is 0 Å². The summed E-state index contributed by atoms with van der Waals surface area (Å²) in [7, 11) is -3.70. The van der Waals surface area contributed by atoms with Crippen molar-refractivity contribution in [1.29, 1.82) is 0 Å². The van der Waals surface area contributed by atoms with E-state index < -0.39 is 10.0 Å². The maximum absolute atomic E-state index is 11.1. The smallest absolute Gasteiger partial charge is 0.241 e. The molecular formula is C6H5I2NO3S. The van der Waals surface area contributed by atoms with E-state index in [0.29, 0.717) is 3.57 Å². The van der Waals surface area contributed by atoms with Gasteiger partial charge in [-0.25, -0.2) is 13.6 Å². The fraction of sp³-hybridized carbons (Fsp3) is 0. The molecule has 0 bridgehead atoms. The van der Waals surface area contributed by atoms with Gasteiger partial charge >= 0.3 is 0 Å². The number of benzene rings is 1. The lowest BCUT2D eigenvalue weighted by Gasteiger charge is -2.05. The number of hydrogen-bond acceptors (Lipinski definition) is 3. The number of sulfonamides is 1. The van der Waals surface area contributed by atoms with E-state index in [1.165, 1.54) is 6.07 Å². The van der Waals surface area contributed by atoms with Crippen molar-refractivity contribution in [2.75, 3.05) is 0 Å². The van der Waals surface area contributed by atoms with E-state index in [9.17, 15) is 8.42 Å². The second-order valence-corrected chi connectivity index (χ2v) is 5.32. The normalized spacial score (nSPS) is 11.3. The number of hydrogen-bond donors (Lipinski definition) is 1. The predicted octanol–water partition coefficient (Wildman–Crippen LogP) is 1.67. The summed E-state index contributed by atoms with van der Waals surface area (Å²) in [5, 5.41) is 4.99. The van der Waals surface area contributed by atoms with Crippen LogP contribution in [0.3, 0.4) is 0 Å². The molecule has 0 saturated heterocycles. The minimum atomic E-state index is -3.70. The van der Waals surface area contributed by atoms with Crippen LogP contribution in [0.1, 0.15) is 0 Å². The molecule has 0 aliphatic rings. The fourth-order valence-electron chi connectivity index (χ4n) is 0.788. The maximum Gasteiger partial charge on any atom is 0.241 e. The van der Waals surface area contributed by atoms with Crippen LogP contribution in [0.25, 0.3) is 0 Å². The first-order chi connectivity index (χ1) is 5.96. The summed E-state index contributed by atoms with van der Waals surface area (Å²) in [6.45, 7) is 0. The van der Waals surface area contributed by atoms with Gasteiger partial charge in [0.05, 0.1) is 3.57 Å². The van der Waals surface area contributed by atoms with Crippen LogP contribution in [0.15, 0.2) is 23.1 Å². The van der Waals surface area contributed by atoms with E-state index in [1.807, 2.05) is 22.6 Å². The summed E-state index contributed by atoms with van der Waals surface area (Å²) in [4.78, 5) is 0.00815. The van der Waals surface area contributed by atoms with Gasteiger partial charge in [-0.1, -0.05) is 6.07 Å². The van der Waals surface area contributed by atoms with Gasteiger partial charge in [0.1, 0.15) is 4.90 Å². The van der Waals surface area contributed by atoms with E-state index in [-0.39, 0.29) is 10.6 Å². The maximum atomic E-state index is 11.1. The molecule has 0 aliphatic carbocycles. The Labute approximate surface area is 104 Å². The Morgan fingerprint density at radius 1 is 1.38 bits per heavy atom. The Bertz CT molecular complexity index is 418. The van der Waals surface area contributed by atoms with Crippen LogP contribution in [-0.4, -0.2) is 8.42 Å². The molecule has 0 spiro atoms. The molecule has 0 heterocycles. The summed E-state index contributed by atoms with van der Waals surface area (Å²) >= 11 is 3.60. The van der Waals surface area contributed by atoms with Crippen molar-refractivity contribution in [3.8, 4) is 5.75 Å². The van der Waals surface area contributed by atoms with Gasteiger partial charge in [-0.3, -0.25) is 0 Å². The van der Waals surface area contributed by atoms with E-state index in [4.69, 9.17) is 8.21 Å². The van der Waals surface area contributed by atoms with Gasteiger partial charge in [0.2, 0.25) is 10.0 Å². The molecule has 13 heavy (non-hydrogen) atoms. The topological polar surface area (TPSA) is 69.4 Å². The van der Waals surface area contributed by atoms with Crippen LogP contribution >= 0.6 is 45.6 Å². The van der Waals surface area contributed by atoms with Crippen LogP contribution in [0.5, 0.6) is 5.75 Å². The minimum Gasteiger partial charge on any atom is -0.425 e. The van der Waals surface area contributed by atoms with E-state index in [1.54, 1.807) is 35.1 Å². The molecule has 1 aromatic carbocycles. The van der Waals surface area contributed by atoms with Crippen molar-refractivity contribution in [2.24, 2.45) is 5.14 Å². The third kappa shape index (κ3) is 2.67. The van der Waals surface area contributed by atoms with Crippen LogP contribution in [-0.2, 0) is 10.0 Å². The van der Waals surface area contributed by atoms with Gasteiger partial charge in [0, 0.05) is 0 Å². The predicted molar refractivity (Wildman–Crippen MR) is 65.2 cm³/mol. The van der Waals surface area contributed by atoms with Crippen molar-refractivity contribution >= 4 is 55.6 Å². The Balaban J connectivity index is 3.47. The van der Waals surface area contributed by atoms with Crippen LogP contribution in [0, 0.1) is 3.57 Å². The first-order valence-corrected chi connectivity index (χ1v) is 6.57. The fourth-order valence-corrected chi connectivity index (χ4v) is 3.30. The van der Waals surface area contributed by atoms with Gasteiger partial charge in [0.25, 0.3) is 0 Å². The van der Waals surface area contributed by atoms with Crippen LogP contribution in [0.4, 0.5) is 0 Å². The lowest BCUT2D eigenvalue weighted by atomic mass is 10.3. The molecule has 72 valence electrons. The molecule has 0 atom stereocenters. The lowest BCUT2D eigenvalue weighted by molar-refractivity contribution is 0.591. The molecule has 2 N–H and O–H groups in total. The number of para-hydroxylation sites is 1. The molecule has 1 rings (SSSR count). The number of halogens is 2. The summed E-state index contributed by atoms with van der Waals surface area (Å²) in [6, 6.07) is 4.76. The zero-order valence-corrected chi connectivity index (χ0v) is 11.3. The third-order valence-corrected chi connectivity index (χ3v) is 3.54. The molecule has 0 aromatic heterocycles. The zero-order valence-electron chi connectivity index (χ0n) is 6.20. The van der Waals surface area contributed by atoms with Gasteiger partial charge in [0.15, 0.2) is 28.8 Å². The zero-order chi connectivity index (χ0) is 10.1. The number of primary sulfonamides is 1. The monoisotopic (exact) mass is 425 g/mol.